The van der Waals surface area contributed by atoms with E-state index in [1.54, 1.807) is 17.2 Å². The lowest BCUT2D eigenvalue weighted by molar-refractivity contribution is 0.0709. The van der Waals surface area contributed by atoms with Gasteiger partial charge in [-0.15, -0.1) is 0 Å². The van der Waals surface area contributed by atoms with Crippen LogP contribution in [0, 0.1) is 5.92 Å². The Kier molecular flexibility index (Phi) is 6.27. The van der Waals surface area contributed by atoms with Crippen LogP contribution in [0.2, 0.25) is 0 Å². The molecule has 6 heteroatoms. The third kappa shape index (κ3) is 5.03. The van der Waals surface area contributed by atoms with Gasteiger partial charge in [0.2, 0.25) is 0 Å². The van der Waals surface area contributed by atoms with Crippen LogP contribution in [-0.4, -0.2) is 48.4 Å². The number of piperidine rings is 1. The molecule has 0 saturated carbocycles. The number of carbonyl (C=O) groups excluding carboxylic acids is 1. The third-order valence-electron chi connectivity index (χ3n) is 3.60. The van der Waals surface area contributed by atoms with Crippen molar-refractivity contribution in [1.29, 1.82) is 0 Å². The minimum atomic E-state index is -0.432. The van der Waals surface area contributed by atoms with E-state index in [9.17, 15) is 9.90 Å². The molecule has 2 atom stereocenters. The lowest BCUT2D eigenvalue weighted by Gasteiger charge is -2.31. The van der Waals surface area contributed by atoms with Crippen LogP contribution in [0.5, 0.6) is 0 Å². The second-order valence-corrected chi connectivity index (χ2v) is 6.19. The minimum Gasteiger partial charge on any atom is -0.467 e. The van der Waals surface area contributed by atoms with E-state index in [-0.39, 0.29) is 12.1 Å². The van der Waals surface area contributed by atoms with Crippen LogP contribution < -0.4 is 5.32 Å². The molecule has 1 saturated heterocycles. The maximum absolute atomic E-state index is 12.4. The largest absolute Gasteiger partial charge is 0.467 e. The van der Waals surface area contributed by atoms with Gasteiger partial charge in [-0.3, -0.25) is 0 Å². The van der Waals surface area contributed by atoms with E-state index in [1.807, 2.05) is 6.07 Å². The first-order valence-corrected chi connectivity index (χ1v) is 7.91. The summed E-state index contributed by atoms with van der Waals surface area (Å²) >= 11 is 0. The molecule has 0 bridgehead atoms. The van der Waals surface area contributed by atoms with E-state index in [0.717, 1.165) is 12.8 Å². The molecule has 2 unspecified atom stereocenters. The van der Waals surface area contributed by atoms with Crippen LogP contribution in [-0.2, 0) is 4.74 Å². The average Bonchev–Trinajstić information content (AvgIpc) is 3.00. The summed E-state index contributed by atoms with van der Waals surface area (Å²) in [6.45, 7) is 6.21. The van der Waals surface area contributed by atoms with Crippen LogP contribution in [0.15, 0.2) is 22.8 Å². The zero-order valence-corrected chi connectivity index (χ0v) is 13.3. The Hall–Kier alpha value is -1.53. The Morgan fingerprint density at radius 2 is 2.36 bits per heavy atom. The standard InChI is InChI=1S/C16H26N2O4/c1-12(2)10-21-11-14(15-6-4-8-22-15)17-16(20)18-7-3-5-13(19)9-18/h4,6,8,12-14,19H,3,5,7,9-11H2,1-2H3,(H,17,20). The van der Waals surface area contributed by atoms with Crippen molar-refractivity contribution >= 4 is 6.03 Å². The number of ether oxygens (including phenoxy) is 1. The highest BCUT2D eigenvalue weighted by atomic mass is 16.5. The fourth-order valence-corrected chi connectivity index (χ4v) is 2.49. The minimum absolute atomic E-state index is 0.187. The van der Waals surface area contributed by atoms with Gasteiger partial charge in [-0.25, -0.2) is 4.79 Å². The molecule has 2 N–H and O–H groups in total. The number of β-amino-alcohol motifs (C(OH)–C–C–N with tert-alkyl or cyclic N) is 1. The van der Waals surface area contributed by atoms with Crippen LogP contribution in [0.25, 0.3) is 0 Å². The zero-order chi connectivity index (χ0) is 15.9. The van der Waals surface area contributed by atoms with Gasteiger partial charge in [0.1, 0.15) is 11.8 Å². The number of aliphatic hydroxyl groups is 1. The third-order valence-corrected chi connectivity index (χ3v) is 3.60. The molecule has 2 heterocycles. The Morgan fingerprint density at radius 3 is 3.00 bits per heavy atom. The van der Waals surface area contributed by atoms with Crippen LogP contribution in [0.1, 0.15) is 38.5 Å². The highest BCUT2D eigenvalue weighted by Crippen LogP contribution is 2.16. The van der Waals surface area contributed by atoms with E-state index < -0.39 is 6.10 Å². The molecule has 1 aromatic rings. The van der Waals surface area contributed by atoms with E-state index in [2.05, 4.69) is 19.2 Å². The molecule has 2 rings (SSSR count). The van der Waals surface area contributed by atoms with Gasteiger partial charge in [0.15, 0.2) is 0 Å². The van der Waals surface area contributed by atoms with Gasteiger partial charge in [-0.1, -0.05) is 13.8 Å². The van der Waals surface area contributed by atoms with Crippen LogP contribution >= 0.6 is 0 Å². The molecular weight excluding hydrogens is 284 g/mol. The van der Waals surface area contributed by atoms with Gasteiger partial charge in [0.25, 0.3) is 0 Å². The summed E-state index contributed by atoms with van der Waals surface area (Å²) in [4.78, 5) is 14.0. The predicted octanol–water partition coefficient (Wildman–Crippen LogP) is 2.16. The smallest absolute Gasteiger partial charge is 0.318 e. The Bertz CT molecular complexity index is 447. The summed E-state index contributed by atoms with van der Waals surface area (Å²) in [6, 6.07) is 3.12. The lowest BCUT2D eigenvalue weighted by Crippen LogP contribution is -2.48. The topological polar surface area (TPSA) is 74.9 Å². The van der Waals surface area contributed by atoms with Crippen molar-refractivity contribution in [2.75, 3.05) is 26.3 Å². The van der Waals surface area contributed by atoms with Gasteiger partial charge in [0.05, 0.1) is 19.0 Å². The zero-order valence-electron chi connectivity index (χ0n) is 13.3. The summed E-state index contributed by atoms with van der Waals surface area (Å²) in [5, 5.41) is 12.6. The number of rotatable bonds is 6. The predicted molar refractivity (Wildman–Crippen MR) is 82.5 cm³/mol. The molecule has 1 aromatic heterocycles. The molecule has 1 aliphatic rings. The van der Waals surface area contributed by atoms with Crippen LogP contribution in [0.3, 0.4) is 0 Å². The average molecular weight is 310 g/mol. The molecular formula is C16H26N2O4. The highest BCUT2D eigenvalue weighted by molar-refractivity contribution is 5.74. The summed E-state index contributed by atoms with van der Waals surface area (Å²) in [5.74, 6) is 1.11. The second-order valence-electron chi connectivity index (χ2n) is 6.19. The second kappa shape index (κ2) is 8.19. The lowest BCUT2D eigenvalue weighted by atomic mass is 10.1. The number of nitrogens with zero attached hydrogens (tertiary/aromatic N) is 1. The molecule has 2 amide bonds. The molecule has 22 heavy (non-hydrogen) atoms. The number of furan rings is 1. The first-order valence-electron chi connectivity index (χ1n) is 7.91. The first kappa shape index (κ1) is 16.8. The number of carbonyl (C=O) groups is 1. The van der Waals surface area contributed by atoms with E-state index in [1.165, 1.54) is 0 Å². The first-order chi connectivity index (χ1) is 10.6. The summed E-state index contributed by atoms with van der Waals surface area (Å²) in [5.41, 5.74) is 0. The quantitative estimate of drug-likeness (QED) is 0.844. The maximum atomic E-state index is 12.4. The molecule has 0 spiro atoms. The van der Waals surface area contributed by atoms with Gasteiger partial charge in [-0.05, 0) is 30.9 Å². The number of amides is 2. The molecule has 0 aromatic carbocycles. The van der Waals surface area contributed by atoms with Crippen molar-refractivity contribution in [3.05, 3.63) is 24.2 Å². The van der Waals surface area contributed by atoms with Crippen molar-refractivity contribution in [2.45, 2.75) is 38.8 Å². The van der Waals surface area contributed by atoms with Gasteiger partial charge in [0, 0.05) is 19.7 Å². The number of urea groups is 1. The molecule has 6 nitrogen and oxygen atoms in total. The Balaban J connectivity index is 1.92. The van der Waals surface area contributed by atoms with Crippen molar-refractivity contribution in [2.24, 2.45) is 5.92 Å². The van der Waals surface area contributed by atoms with Crippen molar-refractivity contribution in [3.63, 3.8) is 0 Å². The van der Waals surface area contributed by atoms with Gasteiger partial charge < -0.3 is 24.5 Å². The number of nitrogens with one attached hydrogen (secondary N) is 1. The van der Waals surface area contributed by atoms with E-state index in [4.69, 9.17) is 9.15 Å². The number of aliphatic hydroxyl groups excluding tert-OH is 1. The van der Waals surface area contributed by atoms with Crippen molar-refractivity contribution < 1.29 is 19.1 Å². The SMILES string of the molecule is CC(C)COCC(NC(=O)N1CCCC(O)C1)c1ccco1. The number of hydrogen-bond acceptors (Lipinski definition) is 4. The maximum Gasteiger partial charge on any atom is 0.318 e. The molecule has 0 radical (unpaired) electrons. The van der Waals surface area contributed by atoms with Crippen molar-refractivity contribution in [3.8, 4) is 0 Å². The normalized spacial score (nSPS) is 20.2. The Labute approximate surface area is 131 Å². The molecule has 0 aliphatic carbocycles. The van der Waals surface area contributed by atoms with Gasteiger partial charge >= 0.3 is 6.03 Å². The monoisotopic (exact) mass is 310 g/mol. The fourth-order valence-electron chi connectivity index (χ4n) is 2.49. The molecule has 124 valence electrons. The molecule has 1 fully saturated rings. The van der Waals surface area contributed by atoms with E-state index >= 15 is 0 Å². The fraction of sp³-hybridized carbons (Fsp3) is 0.688. The number of hydrogen-bond donors (Lipinski definition) is 2. The summed E-state index contributed by atoms with van der Waals surface area (Å²) in [6.07, 6.45) is 2.73. The summed E-state index contributed by atoms with van der Waals surface area (Å²) in [7, 11) is 0. The Morgan fingerprint density at radius 1 is 1.55 bits per heavy atom. The van der Waals surface area contributed by atoms with Gasteiger partial charge in [-0.2, -0.15) is 0 Å². The van der Waals surface area contributed by atoms with E-state index in [0.29, 0.717) is 38.0 Å². The van der Waals surface area contributed by atoms with Crippen LogP contribution in [0.4, 0.5) is 4.79 Å². The molecule has 1 aliphatic heterocycles. The number of likely N-dealkylation sites (tertiary alicyclic amines) is 1. The highest BCUT2D eigenvalue weighted by Gasteiger charge is 2.25. The summed E-state index contributed by atoms with van der Waals surface area (Å²) < 4.78 is 11.0. The van der Waals surface area contributed by atoms with Crippen molar-refractivity contribution in [1.82, 2.24) is 10.2 Å².